The molecule has 1 heterocycles. The van der Waals surface area contributed by atoms with Crippen LogP contribution < -0.4 is 0 Å². The molecule has 0 amide bonds. The smallest absolute Gasteiger partial charge is 0.338 e. The van der Waals surface area contributed by atoms with Crippen molar-refractivity contribution in [2.45, 2.75) is 56.8 Å². The van der Waals surface area contributed by atoms with Gasteiger partial charge in [0.15, 0.2) is 5.60 Å². The monoisotopic (exact) mass is 292 g/mol. The zero-order valence-corrected chi connectivity index (χ0v) is 12.5. The van der Waals surface area contributed by atoms with Gasteiger partial charge in [-0.05, 0) is 38.5 Å². The highest BCUT2D eigenvalue weighted by atomic mass is 16.6. The molecule has 21 heavy (non-hydrogen) atoms. The van der Waals surface area contributed by atoms with Crippen molar-refractivity contribution in [2.24, 2.45) is 17.8 Å². The molecule has 0 radical (unpaired) electrons. The van der Waals surface area contributed by atoms with Gasteiger partial charge in [0.1, 0.15) is 6.10 Å². The summed E-state index contributed by atoms with van der Waals surface area (Å²) in [5.74, 6) is -0.461. The van der Waals surface area contributed by atoms with Crippen LogP contribution >= 0.6 is 0 Å². The van der Waals surface area contributed by atoms with Gasteiger partial charge in [-0.25, -0.2) is 4.79 Å². The Morgan fingerprint density at radius 2 is 2.00 bits per heavy atom. The Bertz CT molecular complexity index is 495. The molecule has 3 aliphatic rings. The van der Waals surface area contributed by atoms with E-state index in [0.29, 0.717) is 12.3 Å². The van der Waals surface area contributed by atoms with Crippen LogP contribution in [0.3, 0.4) is 0 Å². The first-order valence-corrected chi connectivity index (χ1v) is 7.81. The minimum absolute atomic E-state index is 0.0311. The van der Waals surface area contributed by atoms with Crippen LogP contribution in [-0.4, -0.2) is 34.0 Å². The Morgan fingerprint density at radius 1 is 1.33 bits per heavy atom. The molecule has 0 spiro atoms. The van der Waals surface area contributed by atoms with Crippen molar-refractivity contribution in [3.8, 4) is 0 Å². The molecule has 0 aromatic carbocycles. The highest BCUT2D eigenvalue weighted by Crippen LogP contribution is 2.53. The van der Waals surface area contributed by atoms with Crippen molar-refractivity contribution < 1.29 is 19.7 Å². The largest absolute Gasteiger partial charge is 0.459 e. The maximum Gasteiger partial charge on any atom is 0.338 e. The lowest BCUT2D eigenvalue weighted by Crippen LogP contribution is -2.45. The molecule has 2 aliphatic carbocycles. The third-order valence-corrected chi connectivity index (χ3v) is 5.55. The van der Waals surface area contributed by atoms with Crippen molar-refractivity contribution in [3.63, 3.8) is 0 Å². The van der Waals surface area contributed by atoms with E-state index < -0.39 is 17.7 Å². The summed E-state index contributed by atoms with van der Waals surface area (Å²) in [6.45, 7) is 9.93. The third kappa shape index (κ3) is 2.16. The SMILES string of the molecule is C=C1CC[C@H]2C(=C)CC[C@@H]3[C@H](OC(=O)[C@]3(O)C[C@H](C)O)[C@@H]12. The second-order valence-corrected chi connectivity index (χ2v) is 6.98. The van der Waals surface area contributed by atoms with E-state index in [-0.39, 0.29) is 24.4 Å². The Hall–Kier alpha value is -1.13. The van der Waals surface area contributed by atoms with Gasteiger partial charge in [0, 0.05) is 18.3 Å². The Balaban J connectivity index is 1.97. The number of hydrogen-bond acceptors (Lipinski definition) is 4. The minimum Gasteiger partial charge on any atom is -0.459 e. The fourth-order valence-corrected chi connectivity index (χ4v) is 4.56. The third-order valence-electron chi connectivity index (χ3n) is 5.55. The predicted molar refractivity (Wildman–Crippen MR) is 78.3 cm³/mol. The van der Waals surface area contributed by atoms with Crippen LogP contribution in [0, 0.1) is 17.8 Å². The maximum absolute atomic E-state index is 12.3. The molecule has 0 bridgehead atoms. The summed E-state index contributed by atoms with van der Waals surface area (Å²) >= 11 is 0. The molecule has 1 aliphatic heterocycles. The molecule has 3 rings (SSSR count). The van der Waals surface area contributed by atoms with Crippen molar-refractivity contribution in [1.29, 1.82) is 0 Å². The molecular weight excluding hydrogens is 268 g/mol. The lowest BCUT2D eigenvalue weighted by Gasteiger charge is -2.30. The van der Waals surface area contributed by atoms with Gasteiger partial charge in [-0.1, -0.05) is 24.3 Å². The summed E-state index contributed by atoms with van der Waals surface area (Å²) < 4.78 is 5.59. The number of esters is 1. The minimum atomic E-state index is -1.57. The fourth-order valence-electron chi connectivity index (χ4n) is 4.56. The van der Waals surface area contributed by atoms with E-state index in [9.17, 15) is 15.0 Å². The zero-order chi connectivity index (χ0) is 15.4. The van der Waals surface area contributed by atoms with Crippen LogP contribution in [0.4, 0.5) is 0 Å². The van der Waals surface area contributed by atoms with Gasteiger partial charge in [-0.2, -0.15) is 0 Å². The highest BCUT2D eigenvalue weighted by molar-refractivity contribution is 5.82. The Morgan fingerprint density at radius 3 is 2.67 bits per heavy atom. The number of carbonyl (C=O) groups is 1. The molecule has 0 unspecified atom stereocenters. The predicted octanol–water partition coefficient (Wildman–Crippen LogP) is 1.96. The van der Waals surface area contributed by atoms with Crippen LogP contribution in [0.5, 0.6) is 0 Å². The standard InChI is InChI=1S/C17H24O4/c1-9-5-7-13-15(14-10(2)4-6-12(9)14)21-16(19)17(13,20)8-11(3)18/h11-15,18,20H,1-2,4-8H2,3H3/t11-,12-,13+,14-,15-,17-/m0/s1. The molecule has 4 nitrogen and oxygen atoms in total. The summed E-state index contributed by atoms with van der Waals surface area (Å²) in [5, 5.41) is 20.5. The summed E-state index contributed by atoms with van der Waals surface area (Å²) in [7, 11) is 0. The van der Waals surface area contributed by atoms with Gasteiger partial charge in [-0.3, -0.25) is 0 Å². The Kier molecular flexibility index (Phi) is 3.49. The maximum atomic E-state index is 12.3. The molecule has 2 N–H and O–H groups in total. The van der Waals surface area contributed by atoms with E-state index in [1.54, 1.807) is 6.92 Å². The summed E-state index contributed by atoms with van der Waals surface area (Å²) in [6.07, 6.45) is 2.40. The van der Waals surface area contributed by atoms with Crippen LogP contribution in [0.1, 0.15) is 39.0 Å². The average molecular weight is 292 g/mol. The van der Waals surface area contributed by atoms with Gasteiger partial charge in [0.2, 0.25) is 0 Å². The Labute approximate surface area is 125 Å². The molecule has 4 heteroatoms. The van der Waals surface area contributed by atoms with Gasteiger partial charge in [0.05, 0.1) is 6.10 Å². The van der Waals surface area contributed by atoms with Crippen molar-refractivity contribution >= 4 is 5.97 Å². The van der Waals surface area contributed by atoms with E-state index in [4.69, 9.17) is 4.74 Å². The van der Waals surface area contributed by atoms with E-state index in [1.807, 2.05) is 0 Å². The number of allylic oxidation sites excluding steroid dienone is 1. The topological polar surface area (TPSA) is 66.8 Å². The molecule has 3 fully saturated rings. The molecule has 116 valence electrons. The van der Waals surface area contributed by atoms with Gasteiger partial charge >= 0.3 is 5.97 Å². The van der Waals surface area contributed by atoms with E-state index in [0.717, 1.165) is 24.8 Å². The number of aliphatic hydroxyl groups excluding tert-OH is 1. The average Bonchev–Trinajstić information content (AvgIpc) is 2.81. The summed E-state index contributed by atoms with van der Waals surface area (Å²) in [5.41, 5.74) is 0.715. The second kappa shape index (κ2) is 4.96. The molecule has 0 aromatic rings. The molecular formula is C17H24O4. The number of ether oxygens (including phenoxy) is 1. The first kappa shape index (κ1) is 14.8. The van der Waals surface area contributed by atoms with E-state index in [2.05, 4.69) is 13.2 Å². The number of carbonyl (C=O) groups excluding carboxylic acids is 1. The second-order valence-electron chi connectivity index (χ2n) is 6.98. The number of hydrogen-bond donors (Lipinski definition) is 2. The lowest BCUT2D eigenvalue weighted by atomic mass is 9.75. The van der Waals surface area contributed by atoms with Crippen molar-refractivity contribution in [1.82, 2.24) is 0 Å². The van der Waals surface area contributed by atoms with Gasteiger partial charge in [0.25, 0.3) is 0 Å². The fraction of sp³-hybridized carbons (Fsp3) is 0.706. The van der Waals surface area contributed by atoms with Crippen LogP contribution in [0.2, 0.25) is 0 Å². The zero-order valence-electron chi connectivity index (χ0n) is 12.5. The first-order chi connectivity index (χ1) is 9.84. The van der Waals surface area contributed by atoms with E-state index in [1.165, 1.54) is 5.57 Å². The normalized spacial score (nSPS) is 44.0. The van der Waals surface area contributed by atoms with Crippen molar-refractivity contribution in [3.05, 3.63) is 24.3 Å². The van der Waals surface area contributed by atoms with Crippen LogP contribution in [-0.2, 0) is 9.53 Å². The summed E-state index contributed by atoms with van der Waals surface area (Å²) in [4.78, 5) is 12.3. The lowest BCUT2D eigenvalue weighted by molar-refractivity contribution is -0.158. The molecule has 6 atom stereocenters. The number of rotatable bonds is 2. The molecule has 0 aromatic heterocycles. The summed E-state index contributed by atoms with van der Waals surface area (Å²) in [6, 6.07) is 0. The molecule has 1 saturated heterocycles. The quantitative estimate of drug-likeness (QED) is 0.603. The van der Waals surface area contributed by atoms with Crippen LogP contribution in [0.15, 0.2) is 24.3 Å². The first-order valence-electron chi connectivity index (χ1n) is 7.81. The number of aliphatic hydroxyl groups is 2. The van der Waals surface area contributed by atoms with Crippen LogP contribution in [0.25, 0.3) is 0 Å². The van der Waals surface area contributed by atoms with E-state index >= 15 is 0 Å². The number of fused-ring (bicyclic) bond motifs is 3. The molecule has 2 saturated carbocycles. The van der Waals surface area contributed by atoms with Crippen molar-refractivity contribution in [2.75, 3.05) is 0 Å². The van der Waals surface area contributed by atoms with Gasteiger partial charge in [-0.15, -0.1) is 0 Å². The van der Waals surface area contributed by atoms with Gasteiger partial charge < -0.3 is 14.9 Å². The highest BCUT2D eigenvalue weighted by Gasteiger charge is 2.61.